The minimum absolute atomic E-state index is 0.0404. The van der Waals surface area contributed by atoms with Crippen molar-refractivity contribution in [2.75, 3.05) is 5.43 Å². The number of benzene rings is 2. The Bertz CT molecular complexity index is 868. The Kier molecular flexibility index (Phi) is 3.74. The number of aromatic nitrogens is 1. The summed E-state index contributed by atoms with van der Waals surface area (Å²) >= 11 is 3.40. The van der Waals surface area contributed by atoms with Gasteiger partial charge in [0.1, 0.15) is 0 Å². The van der Waals surface area contributed by atoms with Crippen LogP contribution in [0, 0.1) is 10.1 Å². The van der Waals surface area contributed by atoms with Crippen molar-refractivity contribution in [1.29, 1.82) is 0 Å². The predicted octanol–water partition coefficient (Wildman–Crippen LogP) is 3.86. The van der Waals surface area contributed by atoms with Crippen molar-refractivity contribution in [3.63, 3.8) is 0 Å². The summed E-state index contributed by atoms with van der Waals surface area (Å²) in [5.41, 5.74) is 4.04. The number of nitrogens with two attached hydrogens (primary N) is 1. The van der Waals surface area contributed by atoms with Gasteiger partial charge in [-0.2, -0.15) is 0 Å². The summed E-state index contributed by atoms with van der Waals surface area (Å²) in [5, 5.41) is 12.2. The first-order chi connectivity index (χ1) is 10.6. The van der Waals surface area contributed by atoms with Crippen LogP contribution in [0.1, 0.15) is 0 Å². The largest absolute Gasteiger partial charge is 0.321 e. The second-order valence-electron chi connectivity index (χ2n) is 4.61. The van der Waals surface area contributed by atoms with Gasteiger partial charge in [-0.05, 0) is 23.8 Å². The van der Waals surface area contributed by atoms with E-state index in [4.69, 9.17) is 5.84 Å². The maximum Gasteiger partial charge on any atom is 0.321 e. The summed E-state index contributed by atoms with van der Waals surface area (Å²) in [6.45, 7) is 0. The van der Waals surface area contributed by atoms with Gasteiger partial charge in [-0.15, -0.1) is 0 Å². The predicted molar refractivity (Wildman–Crippen MR) is 89.3 cm³/mol. The molecule has 0 radical (unpaired) electrons. The van der Waals surface area contributed by atoms with Gasteiger partial charge < -0.3 is 5.43 Å². The zero-order valence-electron chi connectivity index (χ0n) is 11.3. The van der Waals surface area contributed by atoms with Crippen molar-refractivity contribution < 1.29 is 4.92 Å². The third-order valence-electron chi connectivity index (χ3n) is 3.30. The minimum atomic E-state index is -0.467. The van der Waals surface area contributed by atoms with Crippen molar-refractivity contribution >= 4 is 38.3 Å². The number of anilines is 1. The number of hydrazine groups is 1. The van der Waals surface area contributed by atoms with Gasteiger partial charge in [0.2, 0.25) is 5.82 Å². The molecule has 1 aromatic heterocycles. The van der Waals surface area contributed by atoms with Gasteiger partial charge >= 0.3 is 5.69 Å². The molecule has 1 heterocycles. The van der Waals surface area contributed by atoms with E-state index in [1.54, 1.807) is 6.07 Å². The lowest BCUT2D eigenvalue weighted by Gasteiger charge is -2.11. The maximum atomic E-state index is 11.6. The van der Waals surface area contributed by atoms with Crippen LogP contribution in [0.5, 0.6) is 0 Å². The summed E-state index contributed by atoms with van der Waals surface area (Å²) < 4.78 is 0.821. The van der Waals surface area contributed by atoms with Crippen molar-refractivity contribution in [3.8, 4) is 11.1 Å². The lowest BCUT2D eigenvalue weighted by Crippen LogP contribution is -2.12. The third-order valence-corrected chi connectivity index (χ3v) is 3.80. The molecule has 0 fully saturated rings. The van der Waals surface area contributed by atoms with Crippen LogP contribution in [-0.2, 0) is 0 Å². The fourth-order valence-electron chi connectivity index (χ4n) is 2.40. The summed E-state index contributed by atoms with van der Waals surface area (Å²) in [7, 11) is 0. The van der Waals surface area contributed by atoms with Crippen LogP contribution in [0.25, 0.3) is 22.0 Å². The average Bonchev–Trinajstić information content (AvgIpc) is 2.53. The van der Waals surface area contributed by atoms with Gasteiger partial charge in [0.05, 0.1) is 16.0 Å². The number of nitrogens with one attached hydrogen (secondary N) is 1. The van der Waals surface area contributed by atoms with E-state index in [-0.39, 0.29) is 11.5 Å². The molecule has 0 aliphatic rings. The molecule has 3 aromatic rings. The molecule has 0 spiro atoms. The van der Waals surface area contributed by atoms with Gasteiger partial charge in [0.15, 0.2) is 0 Å². The minimum Gasteiger partial charge on any atom is -0.303 e. The highest BCUT2D eigenvalue weighted by atomic mass is 79.9. The summed E-state index contributed by atoms with van der Waals surface area (Å²) in [6.07, 6.45) is 0. The molecular formula is C15H11BrN4O2. The molecule has 0 bridgehead atoms. The molecule has 0 saturated heterocycles. The molecule has 22 heavy (non-hydrogen) atoms. The maximum absolute atomic E-state index is 11.6. The molecule has 7 heteroatoms. The summed E-state index contributed by atoms with van der Waals surface area (Å²) in [4.78, 5) is 15.3. The number of rotatable bonds is 3. The molecular weight excluding hydrogens is 348 g/mol. The van der Waals surface area contributed by atoms with E-state index < -0.39 is 4.92 Å². The first-order valence-corrected chi connectivity index (χ1v) is 7.21. The van der Waals surface area contributed by atoms with Crippen LogP contribution in [-0.4, -0.2) is 9.91 Å². The number of hydrogen-bond acceptors (Lipinski definition) is 5. The zero-order chi connectivity index (χ0) is 15.7. The van der Waals surface area contributed by atoms with Gasteiger partial charge in [-0.1, -0.05) is 46.3 Å². The van der Waals surface area contributed by atoms with E-state index >= 15 is 0 Å². The molecule has 0 amide bonds. The normalized spacial score (nSPS) is 10.6. The number of nitro groups is 1. The molecule has 3 N–H and O–H groups in total. The quantitative estimate of drug-likeness (QED) is 0.421. The molecule has 0 aliphatic carbocycles. The fourth-order valence-corrected chi connectivity index (χ4v) is 2.76. The first kappa shape index (κ1) is 14.4. The van der Waals surface area contributed by atoms with Crippen LogP contribution < -0.4 is 11.3 Å². The van der Waals surface area contributed by atoms with Gasteiger partial charge in [0, 0.05) is 9.86 Å². The topological polar surface area (TPSA) is 94.1 Å². The lowest BCUT2D eigenvalue weighted by molar-refractivity contribution is -0.383. The Morgan fingerprint density at radius 2 is 1.91 bits per heavy atom. The van der Waals surface area contributed by atoms with E-state index in [0.29, 0.717) is 16.5 Å². The second kappa shape index (κ2) is 5.70. The zero-order valence-corrected chi connectivity index (χ0v) is 12.9. The molecule has 6 nitrogen and oxygen atoms in total. The molecule has 3 rings (SSSR count). The molecule has 0 saturated carbocycles. The van der Waals surface area contributed by atoms with Crippen LogP contribution in [0.15, 0.2) is 53.0 Å². The van der Waals surface area contributed by atoms with Gasteiger partial charge in [-0.25, -0.2) is 10.8 Å². The van der Waals surface area contributed by atoms with E-state index in [1.165, 1.54) is 0 Å². The third kappa shape index (κ3) is 2.40. The second-order valence-corrected chi connectivity index (χ2v) is 5.53. The van der Waals surface area contributed by atoms with E-state index in [9.17, 15) is 10.1 Å². The number of nitrogen functional groups attached to an aromatic ring is 1. The fraction of sp³-hybridized carbons (Fsp3) is 0. The number of pyridine rings is 1. The number of halogens is 1. The summed E-state index contributed by atoms with van der Waals surface area (Å²) in [5.74, 6) is 5.47. The molecule has 2 aromatic carbocycles. The van der Waals surface area contributed by atoms with Gasteiger partial charge in [0.25, 0.3) is 0 Å². The van der Waals surface area contributed by atoms with Crippen molar-refractivity contribution in [2.24, 2.45) is 5.84 Å². The van der Waals surface area contributed by atoms with Crippen LogP contribution in [0.3, 0.4) is 0 Å². The van der Waals surface area contributed by atoms with Crippen molar-refractivity contribution in [2.45, 2.75) is 0 Å². The standard InChI is InChI=1S/C15H11BrN4O2/c16-10-6-7-12-11(8-10)13(9-4-2-1-3-5-9)14(20(21)22)15(18-12)19-17/h1-8H,17H2,(H,18,19). The average molecular weight is 359 g/mol. The molecule has 0 aliphatic heterocycles. The molecule has 0 atom stereocenters. The summed E-state index contributed by atoms with van der Waals surface area (Å²) in [6, 6.07) is 14.6. The number of fused-ring (bicyclic) bond motifs is 1. The van der Waals surface area contributed by atoms with E-state index in [2.05, 4.69) is 26.3 Å². The Hall–Kier alpha value is -2.51. The Morgan fingerprint density at radius 1 is 1.18 bits per heavy atom. The van der Waals surface area contributed by atoms with E-state index in [0.717, 1.165) is 10.0 Å². The van der Waals surface area contributed by atoms with Crippen LogP contribution >= 0.6 is 15.9 Å². The monoisotopic (exact) mass is 358 g/mol. The molecule has 110 valence electrons. The van der Waals surface area contributed by atoms with Crippen LogP contribution in [0.4, 0.5) is 11.5 Å². The van der Waals surface area contributed by atoms with Crippen LogP contribution in [0.2, 0.25) is 0 Å². The molecule has 0 unspecified atom stereocenters. The highest BCUT2D eigenvalue weighted by Gasteiger charge is 2.25. The number of hydrogen-bond donors (Lipinski definition) is 2. The SMILES string of the molecule is NNc1nc2ccc(Br)cc2c(-c2ccccc2)c1[N+](=O)[O-]. The van der Waals surface area contributed by atoms with Crippen molar-refractivity contribution in [1.82, 2.24) is 4.98 Å². The lowest BCUT2D eigenvalue weighted by atomic mass is 9.99. The van der Waals surface area contributed by atoms with Gasteiger partial charge in [-0.3, -0.25) is 10.1 Å². The Labute approximate surface area is 134 Å². The Balaban J connectivity index is 2.50. The highest BCUT2D eigenvalue weighted by molar-refractivity contribution is 9.10. The number of nitrogens with zero attached hydrogens (tertiary/aromatic N) is 2. The highest BCUT2D eigenvalue weighted by Crippen LogP contribution is 2.40. The van der Waals surface area contributed by atoms with Crippen molar-refractivity contribution in [3.05, 3.63) is 63.1 Å². The van der Waals surface area contributed by atoms with E-state index in [1.807, 2.05) is 42.5 Å². The smallest absolute Gasteiger partial charge is 0.303 e. The Morgan fingerprint density at radius 3 is 2.55 bits per heavy atom. The first-order valence-electron chi connectivity index (χ1n) is 6.41.